The number of benzene rings is 1. The molecule has 0 bridgehead atoms. The Morgan fingerprint density at radius 3 is 2.24 bits per heavy atom. The minimum atomic E-state index is -0.738. The fraction of sp³-hybridized carbons (Fsp3) is 0.571. The van der Waals surface area contributed by atoms with Crippen molar-refractivity contribution in [2.75, 3.05) is 39.8 Å². The summed E-state index contributed by atoms with van der Waals surface area (Å²) < 4.78 is 10.2. The van der Waals surface area contributed by atoms with Gasteiger partial charge in [0.2, 0.25) is 5.91 Å². The van der Waals surface area contributed by atoms with Gasteiger partial charge in [0.15, 0.2) is 0 Å². The monoisotopic (exact) mass is 405 g/mol. The summed E-state index contributed by atoms with van der Waals surface area (Å²) in [5.41, 5.74) is 0.407. The van der Waals surface area contributed by atoms with Crippen LogP contribution in [0.2, 0.25) is 0 Å². The number of rotatable bonds is 6. The van der Waals surface area contributed by atoms with Crippen LogP contribution in [0.25, 0.3) is 0 Å². The average molecular weight is 405 g/mol. The zero-order valence-corrected chi connectivity index (χ0v) is 17.6. The van der Waals surface area contributed by atoms with E-state index in [-0.39, 0.29) is 18.5 Å². The molecule has 8 heteroatoms. The Kier molecular flexibility index (Phi) is 8.01. The third-order valence-electron chi connectivity index (χ3n) is 4.49. The van der Waals surface area contributed by atoms with Gasteiger partial charge in [-0.2, -0.15) is 0 Å². The number of piperazine rings is 1. The minimum Gasteiger partial charge on any atom is -0.467 e. The van der Waals surface area contributed by atoms with Crippen molar-refractivity contribution in [2.24, 2.45) is 0 Å². The first-order valence-corrected chi connectivity index (χ1v) is 9.79. The molecule has 1 N–H and O–H groups in total. The summed E-state index contributed by atoms with van der Waals surface area (Å²) in [7, 11) is 1.31. The molecule has 0 aromatic heterocycles. The number of amides is 2. The molecule has 1 unspecified atom stereocenters. The molecule has 0 saturated carbocycles. The molecule has 0 radical (unpaired) electrons. The molecule has 160 valence electrons. The Morgan fingerprint density at radius 2 is 1.69 bits per heavy atom. The number of esters is 1. The van der Waals surface area contributed by atoms with E-state index in [1.807, 2.05) is 56.0 Å². The summed E-state index contributed by atoms with van der Waals surface area (Å²) in [6, 6.07) is 8.73. The van der Waals surface area contributed by atoms with Crippen LogP contribution in [0.15, 0.2) is 30.3 Å². The molecular weight excluding hydrogens is 374 g/mol. The van der Waals surface area contributed by atoms with E-state index in [0.29, 0.717) is 32.6 Å². The first-order valence-electron chi connectivity index (χ1n) is 9.79. The van der Waals surface area contributed by atoms with Gasteiger partial charge >= 0.3 is 12.1 Å². The predicted octanol–water partition coefficient (Wildman–Crippen LogP) is 1.44. The predicted molar refractivity (Wildman–Crippen MR) is 108 cm³/mol. The maximum atomic E-state index is 12.5. The van der Waals surface area contributed by atoms with E-state index in [2.05, 4.69) is 5.32 Å². The topological polar surface area (TPSA) is 88.2 Å². The van der Waals surface area contributed by atoms with Crippen LogP contribution in [0, 0.1) is 0 Å². The van der Waals surface area contributed by atoms with Gasteiger partial charge in [0.1, 0.15) is 11.6 Å². The van der Waals surface area contributed by atoms with Gasteiger partial charge in [0, 0.05) is 32.6 Å². The summed E-state index contributed by atoms with van der Waals surface area (Å²) in [4.78, 5) is 40.3. The lowest BCUT2D eigenvalue weighted by atomic mass is 10.1. The second-order valence-electron chi connectivity index (χ2n) is 8.08. The molecule has 1 aliphatic heterocycles. The largest absolute Gasteiger partial charge is 0.467 e. The van der Waals surface area contributed by atoms with E-state index in [1.54, 1.807) is 4.90 Å². The number of nitrogens with one attached hydrogen (secondary N) is 1. The van der Waals surface area contributed by atoms with Gasteiger partial charge in [-0.3, -0.25) is 9.69 Å². The van der Waals surface area contributed by atoms with E-state index >= 15 is 0 Å². The maximum absolute atomic E-state index is 12.5. The highest BCUT2D eigenvalue weighted by molar-refractivity contribution is 5.85. The lowest BCUT2D eigenvalue weighted by Gasteiger charge is -2.35. The zero-order valence-electron chi connectivity index (χ0n) is 17.6. The van der Waals surface area contributed by atoms with E-state index in [0.717, 1.165) is 5.56 Å². The lowest BCUT2D eigenvalue weighted by molar-refractivity contribution is -0.145. The van der Waals surface area contributed by atoms with Gasteiger partial charge < -0.3 is 19.7 Å². The summed E-state index contributed by atoms with van der Waals surface area (Å²) in [5.74, 6) is -0.723. The number of carbonyl (C=O) groups is 3. The standard InChI is InChI=1S/C21H31N3O5/c1-21(2,3)29-20(27)24-12-10-23(11-13-24)15-18(25)22-17(19(26)28-4)14-16-8-6-5-7-9-16/h5-9,17H,10-15H2,1-4H3,(H,22,25). The van der Waals surface area contributed by atoms with Crippen molar-refractivity contribution < 1.29 is 23.9 Å². The molecule has 0 aliphatic carbocycles. The Morgan fingerprint density at radius 1 is 1.07 bits per heavy atom. The fourth-order valence-corrected chi connectivity index (χ4v) is 3.04. The Bertz CT molecular complexity index is 694. The van der Waals surface area contributed by atoms with Crippen LogP contribution >= 0.6 is 0 Å². The number of hydrogen-bond acceptors (Lipinski definition) is 6. The summed E-state index contributed by atoms with van der Waals surface area (Å²) in [5, 5.41) is 2.77. The number of ether oxygens (including phenoxy) is 2. The Labute approximate surface area is 172 Å². The quantitative estimate of drug-likeness (QED) is 0.721. The second-order valence-corrected chi connectivity index (χ2v) is 8.08. The summed E-state index contributed by atoms with van der Waals surface area (Å²) in [6.07, 6.45) is 0.0290. The molecule has 2 rings (SSSR count). The maximum Gasteiger partial charge on any atom is 0.410 e. The lowest BCUT2D eigenvalue weighted by Crippen LogP contribution is -2.53. The third kappa shape index (κ3) is 7.73. The molecule has 29 heavy (non-hydrogen) atoms. The molecular formula is C21H31N3O5. The number of carbonyl (C=O) groups excluding carboxylic acids is 3. The van der Waals surface area contributed by atoms with E-state index in [9.17, 15) is 14.4 Å². The zero-order chi connectivity index (χ0) is 21.4. The molecule has 1 heterocycles. The van der Waals surface area contributed by atoms with E-state index in [4.69, 9.17) is 9.47 Å². The van der Waals surface area contributed by atoms with Gasteiger partial charge in [0.25, 0.3) is 0 Å². The second kappa shape index (κ2) is 10.2. The first-order chi connectivity index (χ1) is 13.7. The minimum absolute atomic E-state index is 0.157. The summed E-state index contributed by atoms with van der Waals surface area (Å²) in [6.45, 7) is 7.77. The van der Waals surface area contributed by atoms with Crippen LogP contribution in [0.3, 0.4) is 0 Å². The van der Waals surface area contributed by atoms with Crippen molar-refractivity contribution in [3.63, 3.8) is 0 Å². The first kappa shape index (κ1) is 22.7. The average Bonchev–Trinajstić information content (AvgIpc) is 2.67. The van der Waals surface area contributed by atoms with Gasteiger partial charge in [-0.15, -0.1) is 0 Å². The highest BCUT2D eigenvalue weighted by atomic mass is 16.6. The molecule has 1 atom stereocenters. The number of nitrogens with zero attached hydrogens (tertiary/aromatic N) is 2. The molecule has 1 aromatic carbocycles. The van der Waals surface area contributed by atoms with Crippen molar-refractivity contribution in [3.8, 4) is 0 Å². The van der Waals surface area contributed by atoms with Crippen LogP contribution in [-0.4, -0.2) is 79.2 Å². The molecule has 1 fully saturated rings. The highest BCUT2D eigenvalue weighted by Gasteiger charge is 2.28. The molecule has 1 aliphatic rings. The highest BCUT2D eigenvalue weighted by Crippen LogP contribution is 2.12. The smallest absolute Gasteiger partial charge is 0.410 e. The van der Waals surface area contributed by atoms with Gasteiger partial charge in [-0.1, -0.05) is 30.3 Å². The molecule has 1 aromatic rings. The van der Waals surface area contributed by atoms with Crippen molar-refractivity contribution in [1.29, 1.82) is 0 Å². The Hall–Kier alpha value is -2.61. The van der Waals surface area contributed by atoms with Gasteiger partial charge in [0.05, 0.1) is 13.7 Å². The van der Waals surface area contributed by atoms with Crippen LogP contribution in [0.4, 0.5) is 4.79 Å². The number of methoxy groups -OCH3 is 1. The van der Waals surface area contributed by atoms with E-state index < -0.39 is 17.6 Å². The van der Waals surface area contributed by atoms with Crippen molar-refractivity contribution in [2.45, 2.75) is 38.8 Å². The van der Waals surface area contributed by atoms with E-state index in [1.165, 1.54) is 7.11 Å². The SMILES string of the molecule is COC(=O)C(Cc1ccccc1)NC(=O)CN1CCN(C(=O)OC(C)(C)C)CC1. The van der Waals surface area contributed by atoms with Gasteiger partial charge in [-0.25, -0.2) is 9.59 Å². The van der Waals surface area contributed by atoms with Crippen molar-refractivity contribution >= 4 is 18.0 Å². The van der Waals surface area contributed by atoms with Crippen LogP contribution in [0.5, 0.6) is 0 Å². The normalized spacial score (nSPS) is 16.1. The number of hydrogen-bond donors (Lipinski definition) is 1. The van der Waals surface area contributed by atoms with Crippen molar-refractivity contribution in [3.05, 3.63) is 35.9 Å². The molecule has 0 spiro atoms. The van der Waals surface area contributed by atoms with Crippen LogP contribution < -0.4 is 5.32 Å². The van der Waals surface area contributed by atoms with Crippen molar-refractivity contribution in [1.82, 2.24) is 15.1 Å². The Balaban J connectivity index is 1.83. The summed E-state index contributed by atoms with van der Waals surface area (Å²) >= 11 is 0. The molecule has 1 saturated heterocycles. The third-order valence-corrected chi connectivity index (χ3v) is 4.49. The molecule has 8 nitrogen and oxygen atoms in total. The molecule has 2 amide bonds. The van der Waals surface area contributed by atoms with Crippen LogP contribution in [-0.2, 0) is 25.5 Å². The van der Waals surface area contributed by atoms with Crippen LogP contribution in [0.1, 0.15) is 26.3 Å². The van der Waals surface area contributed by atoms with Gasteiger partial charge in [-0.05, 0) is 26.3 Å². The fourth-order valence-electron chi connectivity index (χ4n) is 3.04.